The highest BCUT2D eigenvalue weighted by Crippen LogP contribution is 2.26. The summed E-state index contributed by atoms with van der Waals surface area (Å²) < 4.78 is 5.76. The molecule has 0 aliphatic heterocycles. The van der Waals surface area contributed by atoms with Crippen LogP contribution in [0.5, 0.6) is 0 Å². The predicted molar refractivity (Wildman–Crippen MR) is 66.5 cm³/mol. The second-order valence-electron chi connectivity index (χ2n) is 3.97. The molecule has 3 heteroatoms. The van der Waals surface area contributed by atoms with E-state index in [-0.39, 0.29) is 0 Å². The Balaban J connectivity index is 1.98. The number of nitrogens with one attached hydrogen (secondary N) is 1. The van der Waals surface area contributed by atoms with E-state index in [0.29, 0.717) is 0 Å². The maximum atomic E-state index is 5.76. The number of imidazole rings is 1. The fourth-order valence-corrected chi connectivity index (χ4v) is 1.74. The summed E-state index contributed by atoms with van der Waals surface area (Å²) in [7, 11) is 0. The summed E-state index contributed by atoms with van der Waals surface area (Å²) in [5, 5.41) is 0. The van der Waals surface area contributed by atoms with Crippen LogP contribution in [0.15, 0.2) is 53.2 Å². The van der Waals surface area contributed by atoms with E-state index in [1.54, 1.807) is 12.4 Å². The molecule has 0 atom stereocenters. The Morgan fingerprint density at radius 1 is 1.00 bits per heavy atom. The first-order valence-corrected chi connectivity index (χ1v) is 5.49. The van der Waals surface area contributed by atoms with Gasteiger partial charge >= 0.3 is 0 Å². The lowest BCUT2D eigenvalue weighted by Gasteiger charge is -1.97. The Morgan fingerprint density at radius 3 is 2.47 bits per heavy atom. The third-order valence-electron chi connectivity index (χ3n) is 2.67. The maximum Gasteiger partial charge on any atom is 0.173 e. The van der Waals surface area contributed by atoms with Crippen LogP contribution in [0.2, 0.25) is 0 Å². The van der Waals surface area contributed by atoms with E-state index in [0.717, 1.165) is 22.9 Å². The molecule has 0 aliphatic rings. The molecule has 1 N–H and O–H groups in total. The van der Waals surface area contributed by atoms with E-state index in [4.69, 9.17) is 4.42 Å². The van der Waals surface area contributed by atoms with Gasteiger partial charge in [-0.15, -0.1) is 0 Å². The van der Waals surface area contributed by atoms with Crippen LogP contribution in [0, 0.1) is 6.92 Å². The Hall–Kier alpha value is -2.29. The van der Waals surface area contributed by atoms with Gasteiger partial charge in [-0.2, -0.15) is 0 Å². The number of aryl methyl sites for hydroxylation is 1. The zero-order valence-corrected chi connectivity index (χ0v) is 9.47. The van der Waals surface area contributed by atoms with Crippen molar-refractivity contribution < 1.29 is 4.42 Å². The molecule has 0 spiro atoms. The van der Waals surface area contributed by atoms with E-state index >= 15 is 0 Å². The zero-order chi connectivity index (χ0) is 11.7. The summed E-state index contributed by atoms with van der Waals surface area (Å²) in [6.45, 7) is 2.07. The molecular weight excluding hydrogens is 212 g/mol. The van der Waals surface area contributed by atoms with Crippen LogP contribution >= 0.6 is 0 Å². The predicted octanol–water partition coefficient (Wildman–Crippen LogP) is 3.65. The van der Waals surface area contributed by atoms with Gasteiger partial charge in [0, 0.05) is 18.0 Å². The summed E-state index contributed by atoms with van der Waals surface area (Å²) >= 11 is 0. The molecule has 0 radical (unpaired) electrons. The molecule has 3 nitrogen and oxygen atoms in total. The number of hydrogen-bond donors (Lipinski definition) is 1. The van der Waals surface area contributed by atoms with E-state index in [1.165, 1.54) is 5.56 Å². The number of H-pyrrole nitrogens is 1. The Kier molecular flexibility index (Phi) is 2.29. The van der Waals surface area contributed by atoms with Crippen molar-refractivity contribution in [1.29, 1.82) is 0 Å². The number of benzene rings is 1. The van der Waals surface area contributed by atoms with Crippen molar-refractivity contribution in [3.05, 3.63) is 54.4 Å². The monoisotopic (exact) mass is 224 g/mol. The highest BCUT2D eigenvalue weighted by atomic mass is 16.3. The molecule has 0 bridgehead atoms. The molecule has 0 unspecified atom stereocenters. The van der Waals surface area contributed by atoms with Crippen molar-refractivity contribution in [3.63, 3.8) is 0 Å². The Morgan fingerprint density at radius 2 is 1.76 bits per heavy atom. The van der Waals surface area contributed by atoms with E-state index in [9.17, 15) is 0 Å². The molecule has 0 amide bonds. The molecule has 3 aromatic rings. The molecular formula is C14H12N2O. The van der Waals surface area contributed by atoms with E-state index in [2.05, 4.69) is 41.2 Å². The van der Waals surface area contributed by atoms with Gasteiger partial charge in [0.25, 0.3) is 0 Å². The van der Waals surface area contributed by atoms with Gasteiger partial charge in [0.05, 0.1) is 0 Å². The number of hydrogen-bond acceptors (Lipinski definition) is 2. The molecule has 0 saturated carbocycles. The van der Waals surface area contributed by atoms with E-state index < -0.39 is 0 Å². The fourth-order valence-electron chi connectivity index (χ4n) is 1.74. The number of nitrogens with zero attached hydrogens (tertiary/aromatic N) is 1. The van der Waals surface area contributed by atoms with Gasteiger partial charge in [0.1, 0.15) is 5.76 Å². The maximum absolute atomic E-state index is 5.76. The first-order valence-electron chi connectivity index (χ1n) is 5.49. The zero-order valence-electron chi connectivity index (χ0n) is 9.47. The summed E-state index contributed by atoms with van der Waals surface area (Å²) in [5.74, 6) is 2.37. The van der Waals surface area contributed by atoms with Crippen molar-refractivity contribution in [2.24, 2.45) is 0 Å². The number of rotatable bonds is 2. The minimum atomic E-state index is 0.753. The van der Waals surface area contributed by atoms with Gasteiger partial charge in [0.15, 0.2) is 11.6 Å². The largest absolute Gasteiger partial charge is 0.453 e. The highest BCUT2D eigenvalue weighted by molar-refractivity contribution is 5.61. The first-order chi connectivity index (χ1) is 8.33. The lowest BCUT2D eigenvalue weighted by molar-refractivity contribution is 0.593. The summed E-state index contributed by atoms with van der Waals surface area (Å²) in [6.07, 6.45) is 3.49. The number of aromatic amines is 1. The second kappa shape index (κ2) is 3.94. The van der Waals surface area contributed by atoms with Gasteiger partial charge in [0.2, 0.25) is 0 Å². The summed E-state index contributed by atoms with van der Waals surface area (Å²) in [6, 6.07) is 12.1. The Bertz CT molecular complexity index is 606. The average molecular weight is 224 g/mol. The van der Waals surface area contributed by atoms with Crippen molar-refractivity contribution in [2.45, 2.75) is 6.92 Å². The van der Waals surface area contributed by atoms with Crippen molar-refractivity contribution in [2.75, 3.05) is 0 Å². The van der Waals surface area contributed by atoms with Crippen molar-refractivity contribution in [1.82, 2.24) is 9.97 Å². The third kappa shape index (κ3) is 1.87. The summed E-state index contributed by atoms with van der Waals surface area (Å²) in [4.78, 5) is 7.18. The average Bonchev–Trinajstić information content (AvgIpc) is 3.00. The minimum absolute atomic E-state index is 0.753. The van der Waals surface area contributed by atoms with Crippen LogP contribution in [-0.2, 0) is 0 Å². The molecule has 1 aromatic carbocycles. The fraction of sp³-hybridized carbons (Fsp3) is 0.0714. The van der Waals surface area contributed by atoms with Gasteiger partial charge in [-0.05, 0) is 19.1 Å². The standard InChI is InChI=1S/C14H12N2O/c1-10-2-4-11(5-3-10)12-6-7-13(17-12)14-15-8-9-16-14/h2-9H,1H3,(H,15,16). The van der Waals surface area contributed by atoms with E-state index in [1.807, 2.05) is 12.1 Å². The quantitative estimate of drug-likeness (QED) is 0.722. The van der Waals surface area contributed by atoms with Gasteiger partial charge in [-0.3, -0.25) is 0 Å². The second-order valence-corrected chi connectivity index (χ2v) is 3.97. The van der Waals surface area contributed by atoms with Crippen LogP contribution < -0.4 is 0 Å². The molecule has 0 saturated heterocycles. The van der Waals surface area contributed by atoms with Gasteiger partial charge < -0.3 is 9.40 Å². The van der Waals surface area contributed by atoms with Crippen LogP contribution in [0.1, 0.15) is 5.56 Å². The number of furan rings is 1. The van der Waals surface area contributed by atoms with Crippen LogP contribution in [-0.4, -0.2) is 9.97 Å². The lowest BCUT2D eigenvalue weighted by Crippen LogP contribution is -1.76. The molecule has 17 heavy (non-hydrogen) atoms. The summed E-state index contributed by atoms with van der Waals surface area (Å²) in [5.41, 5.74) is 2.32. The van der Waals surface area contributed by atoms with Crippen LogP contribution in [0.25, 0.3) is 22.9 Å². The number of aromatic nitrogens is 2. The van der Waals surface area contributed by atoms with Crippen LogP contribution in [0.3, 0.4) is 0 Å². The van der Waals surface area contributed by atoms with Crippen LogP contribution in [0.4, 0.5) is 0 Å². The smallest absolute Gasteiger partial charge is 0.173 e. The molecule has 2 aromatic heterocycles. The normalized spacial score (nSPS) is 10.6. The van der Waals surface area contributed by atoms with Crippen molar-refractivity contribution in [3.8, 4) is 22.9 Å². The molecule has 3 rings (SSSR count). The molecule has 2 heterocycles. The third-order valence-corrected chi connectivity index (χ3v) is 2.67. The van der Waals surface area contributed by atoms with Crippen molar-refractivity contribution >= 4 is 0 Å². The van der Waals surface area contributed by atoms with Gasteiger partial charge in [-0.1, -0.05) is 29.8 Å². The van der Waals surface area contributed by atoms with Gasteiger partial charge in [-0.25, -0.2) is 4.98 Å². The molecule has 84 valence electrons. The molecule has 0 aliphatic carbocycles. The highest BCUT2D eigenvalue weighted by Gasteiger charge is 2.07. The first kappa shape index (κ1) is 9.90. The Labute approximate surface area is 99.1 Å². The molecule has 0 fully saturated rings. The topological polar surface area (TPSA) is 41.8 Å². The minimum Gasteiger partial charge on any atom is -0.453 e. The lowest BCUT2D eigenvalue weighted by atomic mass is 10.1. The SMILES string of the molecule is Cc1ccc(-c2ccc(-c3ncc[nH]3)o2)cc1.